The van der Waals surface area contributed by atoms with Crippen molar-refractivity contribution < 1.29 is 9.53 Å². The lowest BCUT2D eigenvalue weighted by Gasteiger charge is -2.23. The maximum Gasteiger partial charge on any atom is 0.200 e. The monoisotopic (exact) mass is 384 g/mol. The van der Waals surface area contributed by atoms with E-state index in [-0.39, 0.29) is 12.4 Å². The number of nitrogens with zero attached hydrogens (tertiary/aromatic N) is 2. The number of carbonyl (C=O) groups excluding carboxylic acids is 1. The molecule has 0 amide bonds. The summed E-state index contributed by atoms with van der Waals surface area (Å²) >= 11 is 5.94. The van der Waals surface area contributed by atoms with Gasteiger partial charge in [0.1, 0.15) is 5.75 Å². The first-order valence-corrected chi connectivity index (χ1v) is 9.72. The fourth-order valence-corrected chi connectivity index (χ4v) is 3.38. The van der Waals surface area contributed by atoms with Crippen LogP contribution in [0.3, 0.4) is 0 Å². The molecule has 3 rings (SSSR count). The van der Waals surface area contributed by atoms with Gasteiger partial charge in [-0.15, -0.1) is 0 Å². The lowest BCUT2D eigenvalue weighted by atomic mass is 10.0. The van der Waals surface area contributed by atoms with E-state index in [9.17, 15) is 4.79 Å². The highest BCUT2D eigenvalue weighted by atomic mass is 35.5. The molecule has 0 atom stereocenters. The molecule has 0 spiro atoms. The standard InChI is InChI=1S/C22H25ClN2O2/c1-16-12-21(24-15-25-9-4-3-5-10-25)17(2)11-20(16)22(26)14-27-19-8-6-7-18(23)13-19/h6-8,11-13,15H,3-5,9-10,14H2,1-2H3. The maximum atomic E-state index is 12.6. The number of ketones is 1. The average Bonchev–Trinajstić information content (AvgIpc) is 2.67. The van der Waals surface area contributed by atoms with Gasteiger partial charge >= 0.3 is 0 Å². The van der Waals surface area contributed by atoms with E-state index >= 15 is 0 Å². The summed E-state index contributed by atoms with van der Waals surface area (Å²) in [7, 11) is 0. The van der Waals surface area contributed by atoms with Gasteiger partial charge in [-0.1, -0.05) is 17.7 Å². The number of Topliss-reactive ketones (excluding diaryl/α,β-unsaturated/α-hetero) is 1. The zero-order chi connectivity index (χ0) is 19.2. The van der Waals surface area contributed by atoms with Crippen molar-refractivity contribution in [2.75, 3.05) is 19.7 Å². The fraction of sp³-hybridized carbons (Fsp3) is 0.364. The second kappa shape index (κ2) is 9.05. The number of piperidine rings is 1. The smallest absolute Gasteiger partial charge is 0.200 e. The molecule has 2 aromatic rings. The second-order valence-corrected chi connectivity index (χ2v) is 7.40. The Kier molecular flexibility index (Phi) is 6.51. The van der Waals surface area contributed by atoms with E-state index in [1.54, 1.807) is 24.3 Å². The van der Waals surface area contributed by atoms with Gasteiger partial charge < -0.3 is 9.64 Å². The molecule has 27 heavy (non-hydrogen) atoms. The molecule has 1 saturated heterocycles. The number of benzene rings is 2. The quantitative estimate of drug-likeness (QED) is 0.382. The van der Waals surface area contributed by atoms with E-state index in [2.05, 4.69) is 9.89 Å². The summed E-state index contributed by atoms with van der Waals surface area (Å²) < 4.78 is 5.58. The summed E-state index contributed by atoms with van der Waals surface area (Å²) in [5.74, 6) is 0.537. The van der Waals surface area contributed by atoms with Gasteiger partial charge in [0.2, 0.25) is 0 Å². The summed E-state index contributed by atoms with van der Waals surface area (Å²) in [6, 6.07) is 10.9. The number of carbonyl (C=O) groups is 1. The number of halogens is 1. The third-order valence-electron chi connectivity index (χ3n) is 4.76. The van der Waals surface area contributed by atoms with E-state index in [4.69, 9.17) is 16.3 Å². The van der Waals surface area contributed by atoms with Crippen LogP contribution in [0.2, 0.25) is 5.02 Å². The molecule has 1 heterocycles. The van der Waals surface area contributed by atoms with Crippen LogP contribution in [0.25, 0.3) is 0 Å². The predicted octanol–water partition coefficient (Wildman–Crippen LogP) is 5.36. The molecule has 2 aromatic carbocycles. The third kappa shape index (κ3) is 5.33. The zero-order valence-corrected chi connectivity index (χ0v) is 16.6. The lowest BCUT2D eigenvalue weighted by molar-refractivity contribution is 0.0921. The first-order chi connectivity index (χ1) is 13.0. The molecule has 4 nitrogen and oxygen atoms in total. The van der Waals surface area contributed by atoms with Gasteiger partial charge in [-0.3, -0.25) is 4.79 Å². The zero-order valence-electron chi connectivity index (χ0n) is 15.9. The lowest BCUT2D eigenvalue weighted by Crippen LogP contribution is -2.28. The van der Waals surface area contributed by atoms with Crippen LogP contribution in [-0.2, 0) is 0 Å². The first-order valence-electron chi connectivity index (χ1n) is 9.34. The molecule has 0 unspecified atom stereocenters. The normalized spacial score (nSPS) is 14.6. The molecule has 0 aliphatic carbocycles. The van der Waals surface area contributed by atoms with E-state index < -0.39 is 0 Å². The Labute approximate surface area is 165 Å². The third-order valence-corrected chi connectivity index (χ3v) is 5.00. The molecule has 1 aliphatic heterocycles. The summed E-state index contributed by atoms with van der Waals surface area (Å²) in [6.45, 7) is 6.04. The summed E-state index contributed by atoms with van der Waals surface area (Å²) in [5, 5.41) is 0.586. The van der Waals surface area contributed by atoms with Crippen LogP contribution in [0.5, 0.6) is 5.75 Å². The topological polar surface area (TPSA) is 41.9 Å². The van der Waals surface area contributed by atoms with Crippen LogP contribution in [0.1, 0.15) is 40.7 Å². The molecular formula is C22H25ClN2O2. The van der Waals surface area contributed by atoms with E-state index in [1.165, 1.54) is 19.3 Å². The average molecular weight is 385 g/mol. The fourth-order valence-electron chi connectivity index (χ4n) is 3.20. The maximum absolute atomic E-state index is 12.6. The number of hydrogen-bond donors (Lipinski definition) is 0. The van der Waals surface area contributed by atoms with Crippen LogP contribution in [0.4, 0.5) is 5.69 Å². The van der Waals surface area contributed by atoms with Crippen molar-refractivity contribution in [2.24, 2.45) is 4.99 Å². The Bertz CT molecular complexity index is 842. The molecule has 0 radical (unpaired) electrons. The Morgan fingerprint density at radius 2 is 1.93 bits per heavy atom. The van der Waals surface area contributed by atoms with E-state index in [0.717, 1.165) is 29.9 Å². The largest absolute Gasteiger partial charge is 0.485 e. The van der Waals surface area contributed by atoms with Gasteiger partial charge in [-0.05, 0) is 74.6 Å². The number of hydrogen-bond acceptors (Lipinski definition) is 3. The molecule has 5 heteroatoms. The van der Waals surface area contributed by atoms with Gasteiger partial charge in [0.05, 0.1) is 12.0 Å². The van der Waals surface area contributed by atoms with Gasteiger partial charge in [-0.2, -0.15) is 0 Å². The molecule has 0 bridgehead atoms. The van der Waals surface area contributed by atoms with Crippen molar-refractivity contribution >= 4 is 29.4 Å². The van der Waals surface area contributed by atoms with Crippen molar-refractivity contribution in [2.45, 2.75) is 33.1 Å². The van der Waals surface area contributed by atoms with Crippen molar-refractivity contribution in [3.8, 4) is 5.75 Å². The minimum absolute atomic E-state index is 0.0169. The Balaban J connectivity index is 1.68. The number of likely N-dealkylation sites (tertiary alicyclic amines) is 1. The van der Waals surface area contributed by atoms with Crippen LogP contribution < -0.4 is 4.74 Å². The van der Waals surface area contributed by atoms with Crippen LogP contribution >= 0.6 is 11.6 Å². The molecule has 0 saturated carbocycles. The highest BCUT2D eigenvalue weighted by Gasteiger charge is 2.13. The van der Waals surface area contributed by atoms with Gasteiger partial charge in [0, 0.05) is 23.7 Å². The molecule has 1 aliphatic rings. The molecular weight excluding hydrogens is 360 g/mol. The van der Waals surface area contributed by atoms with Crippen molar-refractivity contribution in [1.29, 1.82) is 0 Å². The molecule has 1 fully saturated rings. The van der Waals surface area contributed by atoms with E-state index in [0.29, 0.717) is 16.3 Å². The summed E-state index contributed by atoms with van der Waals surface area (Å²) in [6.07, 6.45) is 5.69. The van der Waals surface area contributed by atoms with Crippen molar-refractivity contribution in [1.82, 2.24) is 4.90 Å². The number of aliphatic imine (C=N–C) groups is 1. The molecule has 0 aromatic heterocycles. The number of ether oxygens (including phenoxy) is 1. The highest BCUT2D eigenvalue weighted by Crippen LogP contribution is 2.24. The first kappa shape index (κ1) is 19.4. The highest BCUT2D eigenvalue weighted by molar-refractivity contribution is 6.30. The van der Waals surface area contributed by atoms with E-state index in [1.807, 2.05) is 32.3 Å². The van der Waals surface area contributed by atoms with Crippen LogP contribution in [0.15, 0.2) is 41.4 Å². The minimum atomic E-state index is -0.0536. The van der Waals surface area contributed by atoms with Crippen LogP contribution in [-0.4, -0.2) is 36.7 Å². The minimum Gasteiger partial charge on any atom is -0.485 e. The molecule has 0 N–H and O–H groups in total. The Morgan fingerprint density at radius 1 is 1.15 bits per heavy atom. The van der Waals surface area contributed by atoms with Crippen LogP contribution in [0, 0.1) is 13.8 Å². The van der Waals surface area contributed by atoms with Gasteiger partial charge in [0.15, 0.2) is 12.4 Å². The second-order valence-electron chi connectivity index (χ2n) is 6.96. The SMILES string of the molecule is Cc1cc(C(=O)COc2cccc(Cl)c2)c(C)cc1N=CN1CCCCC1. The van der Waals surface area contributed by atoms with Crippen molar-refractivity contribution in [3.63, 3.8) is 0 Å². The summed E-state index contributed by atoms with van der Waals surface area (Å²) in [4.78, 5) is 19.5. The van der Waals surface area contributed by atoms with Gasteiger partial charge in [0.25, 0.3) is 0 Å². The number of aryl methyl sites for hydroxylation is 2. The summed E-state index contributed by atoms with van der Waals surface area (Å²) in [5.41, 5.74) is 3.47. The van der Waals surface area contributed by atoms with Crippen molar-refractivity contribution in [3.05, 3.63) is 58.1 Å². The predicted molar refractivity (Wildman–Crippen MR) is 111 cm³/mol. The molecule has 142 valence electrons. The number of rotatable bonds is 6. The Morgan fingerprint density at radius 3 is 2.67 bits per heavy atom. The van der Waals surface area contributed by atoms with Gasteiger partial charge in [-0.25, -0.2) is 4.99 Å². The Hall–Kier alpha value is -2.33.